The lowest BCUT2D eigenvalue weighted by atomic mass is 9.76. The highest BCUT2D eigenvalue weighted by molar-refractivity contribution is 6.48. The Labute approximate surface area is 234 Å². The first kappa shape index (κ1) is 32.5. The minimum absolute atomic E-state index is 0.00403. The van der Waals surface area contributed by atoms with Gasteiger partial charge in [-0.2, -0.15) is 0 Å². The molecule has 0 unspecified atom stereocenters. The topological polar surface area (TPSA) is 120 Å². The zero-order valence-electron chi connectivity index (χ0n) is 25.3. The Morgan fingerprint density at radius 3 is 2.18 bits per heavy atom. The molecular weight excluding hydrogens is 518 g/mol. The van der Waals surface area contributed by atoms with Crippen LogP contribution in [-0.2, 0) is 20.5 Å². The molecule has 0 radical (unpaired) electrons. The molecule has 1 fully saturated rings. The van der Waals surface area contributed by atoms with Gasteiger partial charge in [0.25, 0.3) is 5.69 Å². The number of alkyl carbamates (subject to hydrolysis) is 1. The lowest BCUT2D eigenvalue weighted by molar-refractivity contribution is -0.384. The van der Waals surface area contributed by atoms with Gasteiger partial charge in [-0.15, -0.1) is 0 Å². The molecule has 220 valence electrons. The van der Waals surface area contributed by atoms with Gasteiger partial charge in [-0.05, 0) is 74.7 Å². The van der Waals surface area contributed by atoms with Crippen molar-refractivity contribution >= 4 is 26.9 Å². The molecule has 10 nitrogen and oxygen atoms in total. The number of carbonyl (C=O) groups excluding carboxylic acids is 2. The minimum atomic E-state index is -1.59. The fraction of sp³-hybridized carbons (Fsp3) is 0.714. The standard InChI is InChI=1S/C28H47N3O7Si/c1-25(2,3)21-15-28(38-39(9)10,30(16-21)24(33)37-26(4,5)6)18-27(7,8)19-29-23(32)36-17-20-11-13-22(14-12-20)31(34)35/h11-14,21,39H,15-19H2,1-10H3,(H,29,32)/t21-,28+/m0/s1. The molecule has 0 saturated carbocycles. The highest BCUT2D eigenvalue weighted by Gasteiger charge is 2.54. The smallest absolute Gasteiger partial charge is 0.412 e. The first-order valence-electron chi connectivity index (χ1n) is 13.6. The zero-order chi connectivity index (χ0) is 29.8. The van der Waals surface area contributed by atoms with E-state index in [-0.39, 0.29) is 29.7 Å². The Hall–Kier alpha value is -2.66. The highest BCUT2D eigenvalue weighted by atomic mass is 28.3. The number of likely N-dealkylation sites (tertiary alicyclic amines) is 1. The summed E-state index contributed by atoms with van der Waals surface area (Å²) in [5.41, 5.74) is -1.32. The van der Waals surface area contributed by atoms with E-state index < -0.39 is 36.8 Å². The number of amides is 2. The molecule has 1 heterocycles. The third kappa shape index (κ3) is 9.79. The fourth-order valence-electron chi connectivity index (χ4n) is 4.88. The molecule has 1 N–H and O–H groups in total. The van der Waals surface area contributed by atoms with E-state index in [4.69, 9.17) is 13.9 Å². The summed E-state index contributed by atoms with van der Waals surface area (Å²) in [5, 5.41) is 13.7. The minimum Gasteiger partial charge on any atom is -0.445 e. The monoisotopic (exact) mass is 565 g/mol. The molecule has 1 aliphatic rings. The van der Waals surface area contributed by atoms with Crippen LogP contribution in [0.15, 0.2) is 24.3 Å². The number of nitro groups is 1. The number of ether oxygens (including phenoxy) is 2. The van der Waals surface area contributed by atoms with E-state index in [0.29, 0.717) is 31.5 Å². The van der Waals surface area contributed by atoms with Crippen molar-refractivity contribution in [1.29, 1.82) is 0 Å². The van der Waals surface area contributed by atoms with E-state index in [0.717, 1.165) is 0 Å². The predicted molar refractivity (Wildman–Crippen MR) is 153 cm³/mol. The number of benzene rings is 1. The third-order valence-electron chi connectivity index (χ3n) is 6.74. The maximum atomic E-state index is 13.5. The summed E-state index contributed by atoms with van der Waals surface area (Å²) >= 11 is 0. The number of hydrogen-bond acceptors (Lipinski definition) is 7. The van der Waals surface area contributed by atoms with E-state index in [1.165, 1.54) is 12.1 Å². The molecule has 0 aromatic heterocycles. The molecule has 0 aliphatic carbocycles. The number of hydrogen-bond donors (Lipinski definition) is 1. The molecule has 1 aromatic rings. The van der Waals surface area contributed by atoms with Gasteiger partial charge < -0.3 is 19.2 Å². The third-order valence-corrected chi connectivity index (χ3v) is 7.65. The first-order valence-corrected chi connectivity index (χ1v) is 16.3. The summed E-state index contributed by atoms with van der Waals surface area (Å²) in [7, 11) is -1.59. The van der Waals surface area contributed by atoms with Crippen LogP contribution in [0.3, 0.4) is 0 Å². The molecule has 0 spiro atoms. The van der Waals surface area contributed by atoms with E-state index in [1.807, 2.05) is 34.6 Å². The largest absolute Gasteiger partial charge is 0.445 e. The van der Waals surface area contributed by atoms with Crippen LogP contribution in [0.4, 0.5) is 15.3 Å². The Balaban J connectivity index is 2.16. The molecule has 0 bridgehead atoms. The van der Waals surface area contributed by atoms with Crippen LogP contribution in [0.2, 0.25) is 13.1 Å². The molecule has 11 heteroatoms. The van der Waals surface area contributed by atoms with Crippen molar-refractivity contribution < 1.29 is 28.4 Å². The van der Waals surface area contributed by atoms with Gasteiger partial charge in [0.2, 0.25) is 0 Å². The van der Waals surface area contributed by atoms with E-state index in [9.17, 15) is 19.7 Å². The van der Waals surface area contributed by atoms with Gasteiger partial charge >= 0.3 is 12.2 Å². The predicted octanol–water partition coefficient (Wildman–Crippen LogP) is 6.24. The Morgan fingerprint density at radius 1 is 1.10 bits per heavy atom. The van der Waals surface area contributed by atoms with Crippen LogP contribution in [0.5, 0.6) is 0 Å². The number of nitro benzene ring substituents is 1. The van der Waals surface area contributed by atoms with Gasteiger partial charge in [0.05, 0.1) is 4.92 Å². The normalized spacial score (nSPS) is 20.2. The summed E-state index contributed by atoms with van der Waals surface area (Å²) in [5.74, 6) is 0.216. The van der Waals surface area contributed by atoms with Crippen LogP contribution in [0.25, 0.3) is 0 Å². The van der Waals surface area contributed by atoms with Gasteiger partial charge in [-0.3, -0.25) is 15.0 Å². The van der Waals surface area contributed by atoms with Crippen LogP contribution in [0, 0.1) is 26.9 Å². The lowest BCUT2D eigenvalue weighted by Crippen LogP contribution is -2.55. The van der Waals surface area contributed by atoms with Crippen molar-refractivity contribution in [3.8, 4) is 0 Å². The second-order valence-corrected chi connectivity index (χ2v) is 16.0. The summed E-state index contributed by atoms with van der Waals surface area (Å²) in [6, 6.07) is 5.87. The Kier molecular flexibility index (Phi) is 10.2. The molecule has 2 atom stereocenters. The number of carbonyl (C=O) groups is 2. The summed E-state index contributed by atoms with van der Waals surface area (Å²) in [4.78, 5) is 38.1. The number of rotatable bonds is 9. The lowest BCUT2D eigenvalue weighted by Gasteiger charge is -2.44. The average Bonchev–Trinajstić information content (AvgIpc) is 3.13. The van der Waals surface area contributed by atoms with Crippen LogP contribution in [-0.4, -0.2) is 55.5 Å². The van der Waals surface area contributed by atoms with Gasteiger partial charge in [0.15, 0.2) is 9.04 Å². The van der Waals surface area contributed by atoms with Crippen LogP contribution in [0.1, 0.15) is 73.8 Å². The summed E-state index contributed by atoms with van der Waals surface area (Å²) < 4.78 is 17.9. The van der Waals surface area contributed by atoms with Crippen LogP contribution >= 0.6 is 0 Å². The Bertz CT molecular complexity index is 1020. The van der Waals surface area contributed by atoms with Crippen molar-refractivity contribution in [2.45, 2.75) is 99.3 Å². The molecular formula is C28H47N3O7Si. The van der Waals surface area contributed by atoms with Crippen molar-refractivity contribution in [1.82, 2.24) is 10.2 Å². The second-order valence-electron chi connectivity index (χ2n) is 13.7. The maximum Gasteiger partial charge on any atom is 0.412 e. The maximum absolute atomic E-state index is 13.5. The van der Waals surface area contributed by atoms with Crippen LogP contribution < -0.4 is 5.32 Å². The van der Waals surface area contributed by atoms with Gasteiger partial charge in [0.1, 0.15) is 17.9 Å². The second kappa shape index (κ2) is 12.2. The van der Waals surface area contributed by atoms with Gasteiger partial charge in [0, 0.05) is 31.6 Å². The van der Waals surface area contributed by atoms with E-state index >= 15 is 0 Å². The molecule has 2 rings (SSSR count). The quantitative estimate of drug-likeness (QED) is 0.214. The average molecular weight is 566 g/mol. The highest BCUT2D eigenvalue weighted by Crippen LogP contribution is 2.48. The van der Waals surface area contributed by atoms with Crippen molar-refractivity contribution in [2.75, 3.05) is 13.1 Å². The first-order chi connectivity index (χ1) is 17.7. The van der Waals surface area contributed by atoms with Crippen molar-refractivity contribution in [2.24, 2.45) is 16.7 Å². The van der Waals surface area contributed by atoms with Gasteiger partial charge in [-0.1, -0.05) is 34.6 Å². The molecule has 1 aliphatic heterocycles. The van der Waals surface area contributed by atoms with Gasteiger partial charge in [-0.25, -0.2) is 9.59 Å². The molecule has 1 saturated heterocycles. The summed E-state index contributed by atoms with van der Waals surface area (Å²) in [6.45, 7) is 21.2. The molecule has 39 heavy (non-hydrogen) atoms. The number of non-ortho nitro benzene ring substituents is 1. The number of nitrogens with zero attached hydrogens (tertiary/aromatic N) is 2. The molecule has 1 aromatic carbocycles. The fourth-order valence-corrected chi connectivity index (χ4v) is 6.06. The summed E-state index contributed by atoms with van der Waals surface area (Å²) in [6.07, 6.45) is 0.238. The molecule has 2 amide bonds. The van der Waals surface area contributed by atoms with Crippen molar-refractivity contribution in [3.05, 3.63) is 39.9 Å². The SMILES string of the molecule is C[SiH](C)O[C@@]1(CC(C)(C)CNC(=O)OCc2ccc([N+](=O)[O-])cc2)C[C@H](C(C)(C)C)CN1C(=O)OC(C)(C)C. The zero-order valence-corrected chi connectivity index (χ0v) is 26.4. The van der Waals surface area contributed by atoms with E-state index in [2.05, 4.69) is 39.2 Å². The van der Waals surface area contributed by atoms with E-state index in [1.54, 1.807) is 17.0 Å². The van der Waals surface area contributed by atoms with Crippen molar-refractivity contribution in [3.63, 3.8) is 0 Å². The number of nitrogens with one attached hydrogen (secondary N) is 1. The Morgan fingerprint density at radius 2 is 1.69 bits per heavy atom.